The smallest absolute Gasteiger partial charge is 0.287 e. The summed E-state index contributed by atoms with van der Waals surface area (Å²) in [6.45, 7) is 0. The lowest BCUT2D eigenvalue weighted by molar-refractivity contribution is 0.0285. The second-order valence-corrected chi connectivity index (χ2v) is 4.78. The van der Waals surface area contributed by atoms with Gasteiger partial charge in [0.25, 0.3) is 12.3 Å². The molecule has 3 N–H and O–H groups in total. The molecule has 0 saturated carbocycles. The number of hydrogen-bond donors (Lipinski definition) is 2. The third-order valence-corrected chi connectivity index (χ3v) is 2.90. The molecule has 9 heteroatoms. The molecule has 0 heterocycles. The van der Waals surface area contributed by atoms with E-state index in [1.807, 2.05) is 0 Å². The zero-order chi connectivity index (χ0) is 13.9. The van der Waals surface area contributed by atoms with Gasteiger partial charge in [0.2, 0.25) is 16.3 Å². The number of benzene rings is 1. The summed E-state index contributed by atoms with van der Waals surface area (Å²) in [6.07, 6.45) is -6.29. The maximum absolute atomic E-state index is 12.6. The van der Waals surface area contributed by atoms with Crippen molar-refractivity contribution >= 4 is 15.9 Å². The first-order valence-corrected chi connectivity index (χ1v) is 6.13. The average Bonchev–Trinajstić information content (AvgIpc) is 2.27. The molecule has 1 rings (SSSR count). The summed E-state index contributed by atoms with van der Waals surface area (Å²) in [5, 5.41) is 6.17. The zero-order valence-corrected chi connectivity index (χ0v) is 9.62. The molecule has 0 radical (unpaired) electrons. The fourth-order valence-electron chi connectivity index (χ4n) is 1.17. The van der Waals surface area contributed by atoms with E-state index in [2.05, 4.69) is 0 Å². The number of carbonyl (C=O) groups excluding carboxylic acids is 1. The predicted octanol–water partition coefficient (Wildman–Crippen LogP) is 0.625. The van der Waals surface area contributed by atoms with Crippen molar-refractivity contribution in [2.24, 2.45) is 5.14 Å². The Labute approximate surface area is 101 Å². The lowest BCUT2D eigenvalue weighted by Crippen LogP contribution is -2.37. The van der Waals surface area contributed by atoms with Crippen LogP contribution in [0.3, 0.4) is 0 Å². The molecular formula is C9H9F3N2O3S. The number of nitrogens with one attached hydrogen (secondary N) is 1. The fourth-order valence-corrected chi connectivity index (χ4v) is 1.90. The third kappa shape index (κ3) is 3.44. The van der Waals surface area contributed by atoms with E-state index in [1.165, 1.54) is 17.4 Å². The Kier molecular flexibility index (Phi) is 4.30. The van der Waals surface area contributed by atoms with Crippen molar-refractivity contribution in [2.45, 2.75) is 17.6 Å². The summed E-state index contributed by atoms with van der Waals surface area (Å²) in [5.74, 6) is -1.28. The summed E-state index contributed by atoms with van der Waals surface area (Å²) in [7, 11) is -4.21. The quantitative estimate of drug-likeness (QED) is 0.793. The number of alkyl halides is 3. The first kappa shape index (κ1) is 14.5. The average molecular weight is 282 g/mol. The molecule has 1 aromatic carbocycles. The molecule has 0 aliphatic heterocycles. The second kappa shape index (κ2) is 5.36. The molecule has 0 aliphatic rings. The number of hydrogen-bond acceptors (Lipinski definition) is 3. The minimum absolute atomic E-state index is 0.497. The highest BCUT2D eigenvalue weighted by Crippen LogP contribution is 2.14. The third-order valence-electron chi connectivity index (χ3n) is 1.93. The Hall–Kier alpha value is -1.61. The second-order valence-electron chi connectivity index (χ2n) is 3.25. The predicted molar refractivity (Wildman–Crippen MR) is 56.2 cm³/mol. The fraction of sp³-hybridized carbons (Fsp3) is 0.222. The minimum Gasteiger partial charge on any atom is -0.318 e. The van der Waals surface area contributed by atoms with Gasteiger partial charge in [-0.2, -0.15) is 0 Å². The molecule has 0 fully saturated rings. The van der Waals surface area contributed by atoms with Crippen molar-refractivity contribution < 1.29 is 26.4 Å². The normalized spacial score (nSPS) is 13.4. The van der Waals surface area contributed by atoms with E-state index in [9.17, 15) is 26.4 Å². The molecule has 1 atom stereocenters. The van der Waals surface area contributed by atoms with Gasteiger partial charge in [-0.1, -0.05) is 12.1 Å². The Morgan fingerprint density at radius 3 is 2.28 bits per heavy atom. The van der Waals surface area contributed by atoms with Crippen LogP contribution in [0.5, 0.6) is 0 Å². The first-order chi connectivity index (χ1) is 8.23. The maximum Gasteiger partial charge on any atom is 0.287 e. The summed E-state index contributed by atoms with van der Waals surface area (Å²) in [4.78, 5) is 10.9. The lowest BCUT2D eigenvalue weighted by Gasteiger charge is -2.11. The van der Waals surface area contributed by atoms with E-state index in [1.54, 1.807) is 0 Å². The highest BCUT2D eigenvalue weighted by molar-refractivity contribution is 7.89. The Balaban J connectivity index is 3.08. The molecule has 100 valence electrons. The van der Waals surface area contributed by atoms with Crippen LogP contribution in [0.4, 0.5) is 13.2 Å². The molecular weight excluding hydrogens is 273 g/mol. The van der Waals surface area contributed by atoms with Crippen molar-refractivity contribution in [3.8, 4) is 0 Å². The summed E-state index contributed by atoms with van der Waals surface area (Å²) < 4.78 is 58.7. The zero-order valence-electron chi connectivity index (χ0n) is 8.81. The van der Waals surface area contributed by atoms with Crippen LogP contribution in [0.15, 0.2) is 29.2 Å². The minimum atomic E-state index is -4.21. The van der Waals surface area contributed by atoms with Gasteiger partial charge in [-0.3, -0.25) is 4.79 Å². The van der Waals surface area contributed by atoms with Crippen LogP contribution >= 0.6 is 0 Å². The van der Waals surface area contributed by atoms with E-state index >= 15 is 0 Å². The molecule has 0 aliphatic carbocycles. The summed E-state index contributed by atoms with van der Waals surface area (Å²) >= 11 is 0. The summed E-state index contributed by atoms with van der Waals surface area (Å²) in [5.41, 5.74) is -0.497. The van der Waals surface area contributed by atoms with Crippen molar-refractivity contribution in [3.63, 3.8) is 0 Å². The topological polar surface area (TPSA) is 89.3 Å². The van der Waals surface area contributed by atoms with Crippen LogP contribution < -0.4 is 10.5 Å². The number of carbonyl (C=O) groups is 1. The van der Waals surface area contributed by atoms with Crippen molar-refractivity contribution in [2.75, 3.05) is 0 Å². The van der Waals surface area contributed by atoms with Gasteiger partial charge in [-0.15, -0.1) is 0 Å². The monoisotopic (exact) mass is 282 g/mol. The molecule has 5 nitrogen and oxygen atoms in total. The van der Waals surface area contributed by atoms with Crippen molar-refractivity contribution in [1.29, 1.82) is 0 Å². The molecule has 0 bridgehead atoms. The van der Waals surface area contributed by atoms with Gasteiger partial charge in [-0.05, 0) is 12.1 Å². The number of nitrogens with two attached hydrogens (primary N) is 1. The van der Waals surface area contributed by atoms with E-state index < -0.39 is 39.1 Å². The van der Waals surface area contributed by atoms with E-state index in [0.717, 1.165) is 12.1 Å². The van der Waals surface area contributed by atoms with E-state index in [4.69, 9.17) is 5.14 Å². The molecule has 0 saturated heterocycles. The largest absolute Gasteiger partial charge is 0.318 e. The number of amides is 1. The van der Waals surface area contributed by atoms with Gasteiger partial charge in [0.05, 0.1) is 10.5 Å². The van der Waals surface area contributed by atoms with E-state index in [-0.39, 0.29) is 0 Å². The Morgan fingerprint density at radius 1 is 1.22 bits per heavy atom. The van der Waals surface area contributed by atoms with Gasteiger partial charge in [0.15, 0.2) is 0 Å². The number of sulfonamides is 1. The standard InChI is InChI=1S/C9H9F3N2O3S/c10-7(11)8(12)14-9(15)5-3-1-2-4-6(5)18(13,16)17/h1-4,7-8H,(H,14,15)(H2,13,16,17). The highest BCUT2D eigenvalue weighted by Gasteiger charge is 2.25. The molecule has 1 aromatic rings. The highest BCUT2D eigenvalue weighted by atomic mass is 32.2. The Bertz CT molecular complexity index is 548. The molecule has 18 heavy (non-hydrogen) atoms. The number of halogens is 3. The molecule has 0 aromatic heterocycles. The van der Waals surface area contributed by atoms with Crippen molar-refractivity contribution in [1.82, 2.24) is 5.32 Å². The maximum atomic E-state index is 12.6. The van der Waals surface area contributed by atoms with Gasteiger partial charge in [-0.25, -0.2) is 26.7 Å². The number of rotatable bonds is 4. The van der Waals surface area contributed by atoms with Crippen LogP contribution in [-0.4, -0.2) is 27.0 Å². The van der Waals surface area contributed by atoms with Crippen LogP contribution in [0.1, 0.15) is 10.4 Å². The van der Waals surface area contributed by atoms with Crippen LogP contribution in [-0.2, 0) is 10.0 Å². The Morgan fingerprint density at radius 2 is 1.78 bits per heavy atom. The SMILES string of the molecule is NS(=O)(=O)c1ccccc1C(=O)NC(F)C(F)F. The molecule has 1 unspecified atom stereocenters. The van der Waals surface area contributed by atoms with Crippen LogP contribution in [0.25, 0.3) is 0 Å². The molecule has 1 amide bonds. The first-order valence-electron chi connectivity index (χ1n) is 4.58. The lowest BCUT2D eigenvalue weighted by atomic mass is 10.2. The van der Waals surface area contributed by atoms with Gasteiger partial charge in [0, 0.05) is 0 Å². The van der Waals surface area contributed by atoms with Crippen LogP contribution in [0, 0.1) is 0 Å². The van der Waals surface area contributed by atoms with Gasteiger partial charge < -0.3 is 5.32 Å². The van der Waals surface area contributed by atoms with Gasteiger partial charge in [0.1, 0.15) is 0 Å². The molecule has 0 spiro atoms. The number of primary sulfonamides is 1. The van der Waals surface area contributed by atoms with Crippen LogP contribution in [0.2, 0.25) is 0 Å². The van der Waals surface area contributed by atoms with Gasteiger partial charge >= 0.3 is 0 Å². The van der Waals surface area contributed by atoms with E-state index in [0.29, 0.717) is 0 Å². The summed E-state index contributed by atoms with van der Waals surface area (Å²) in [6, 6.07) is 4.63. The van der Waals surface area contributed by atoms with Crippen molar-refractivity contribution in [3.05, 3.63) is 29.8 Å².